The van der Waals surface area contributed by atoms with E-state index in [-0.39, 0.29) is 6.54 Å². The van der Waals surface area contributed by atoms with Crippen LogP contribution in [0.5, 0.6) is 0 Å². The van der Waals surface area contributed by atoms with Crippen molar-refractivity contribution < 1.29 is 13.2 Å². The molecule has 0 unspecified atom stereocenters. The van der Waals surface area contributed by atoms with Gasteiger partial charge < -0.3 is 9.88 Å². The quantitative estimate of drug-likeness (QED) is 0.820. The second kappa shape index (κ2) is 5.14. The van der Waals surface area contributed by atoms with Gasteiger partial charge in [0.15, 0.2) is 0 Å². The van der Waals surface area contributed by atoms with Crippen molar-refractivity contribution in [1.29, 1.82) is 0 Å². The van der Waals surface area contributed by atoms with E-state index in [9.17, 15) is 18.0 Å². The van der Waals surface area contributed by atoms with Gasteiger partial charge in [0.2, 0.25) is 0 Å². The Bertz CT molecular complexity index is 463. The molecule has 1 fully saturated rings. The van der Waals surface area contributed by atoms with E-state index in [1.807, 2.05) is 0 Å². The molecular formula is C12H15F3N2O. The highest BCUT2D eigenvalue weighted by atomic mass is 19.4. The Balaban J connectivity index is 2.02. The number of nitrogens with one attached hydrogen (secondary N) is 1. The Labute approximate surface area is 103 Å². The van der Waals surface area contributed by atoms with Gasteiger partial charge in [0.25, 0.3) is 5.56 Å². The monoisotopic (exact) mass is 260 g/mol. The molecule has 0 radical (unpaired) electrons. The van der Waals surface area contributed by atoms with Crippen molar-refractivity contribution in [2.24, 2.45) is 5.92 Å². The smallest absolute Gasteiger partial charge is 0.315 e. The van der Waals surface area contributed by atoms with Crippen LogP contribution in [-0.2, 0) is 12.7 Å². The summed E-state index contributed by atoms with van der Waals surface area (Å²) in [5, 5.41) is 3.07. The first-order valence-electron chi connectivity index (χ1n) is 5.96. The molecular weight excluding hydrogens is 245 g/mol. The van der Waals surface area contributed by atoms with Gasteiger partial charge in [-0.15, -0.1) is 0 Å². The highest BCUT2D eigenvalue weighted by Crippen LogP contribution is 2.28. The maximum Gasteiger partial charge on any atom is 0.431 e. The first-order valence-corrected chi connectivity index (χ1v) is 5.96. The molecule has 1 saturated carbocycles. The van der Waals surface area contributed by atoms with E-state index in [0.29, 0.717) is 12.5 Å². The lowest BCUT2D eigenvalue weighted by Gasteiger charge is -2.15. The molecule has 0 atom stereocenters. The maximum absolute atomic E-state index is 12.7. The average molecular weight is 260 g/mol. The predicted octanol–water partition coefficient (Wildman–Crippen LogP) is 1.87. The minimum atomic E-state index is -4.49. The summed E-state index contributed by atoms with van der Waals surface area (Å²) >= 11 is 0. The second-order valence-corrected chi connectivity index (χ2v) is 4.55. The first-order chi connectivity index (χ1) is 8.48. The molecule has 1 aromatic heterocycles. The minimum absolute atomic E-state index is 0.0429. The number of aromatic nitrogens is 1. The summed E-state index contributed by atoms with van der Waals surface area (Å²) in [5.41, 5.74) is -1.50. The van der Waals surface area contributed by atoms with E-state index in [2.05, 4.69) is 5.32 Å². The third-order valence-corrected chi connectivity index (χ3v) is 2.98. The normalized spacial score (nSPS) is 15.9. The zero-order chi connectivity index (χ0) is 13.2. The van der Waals surface area contributed by atoms with Gasteiger partial charge in [-0.2, -0.15) is 13.2 Å². The molecule has 1 aliphatic rings. The van der Waals surface area contributed by atoms with Crippen LogP contribution in [0.25, 0.3) is 0 Å². The van der Waals surface area contributed by atoms with Gasteiger partial charge in [-0.1, -0.05) is 6.07 Å². The van der Waals surface area contributed by atoms with Crippen LogP contribution in [0.15, 0.2) is 23.0 Å². The van der Waals surface area contributed by atoms with E-state index >= 15 is 0 Å². The fraction of sp³-hybridized carbons (Fsp3) is 0.583. The summed E-state index contributed by atoms with van der Waals surface area (Å²) in [4.78, 5) is 11.5. The van der Waals surface area contributed by atoms with Crippen molar-refractivity contribution >= 4 is 0 Å². The van der Waals surface area contributed by atoms with E-state index in [0.717, 1.165) is 29.3 Å². The van der Waals surface area contributed by atoms with Gasteiger partial charge in [-0.25, -0.2) is 0 Å². The maximum atomic E-state index is 12.7. The second-order valence-electron chi connectivity index (χ2n) is 4.55. The zero-order valence-corrected chi connectivity index (χ0v) is 9.83. The fourth-order valence-corrected chi connectivity index (χ4v) is 1.82. The minimum Gasteiger partial charge on any atom is -0.315 e. The van der Waals surface area contributed by atoms with Crippen LogP contribution in [0.1, 0.15) is 18.5 Å². The summed E-state index contributed by atoms with van der Waals surface area (Å²) in [6, 6.07) is 3.22. The number of halogens is 3. The molecule has 1 aliphatic carbocycles. The number of hydrogen-bond acceptors (Lipinski definition) is 2. The van der Waals surface area contributed by atoms with Gasteiger partial charge >= 0.3 is 6.18 Å². The highest BCUT2D eigenvalue weighted by Gasteiger charge is 2.33. The topological polar surface area (TPSA) is 34.0 Å². The lowest BCUT2D eigenvalue weighted by atomic mass is 10.3. The third kappa shape index (κ3) is 3.35. The van der Waals surface area contributed by atoms with Gasteiger partial charge in [-0.05, 0) is 31.4 Å². The molecule has 3 nitrogen and oxygen atoms in total. The molecule has 0 amide bonds. The fourth-order valence-electron chi connectivity index (χ4n) is 1.82. The number of hydrogen-bond donors (Lipinski definition) is 1. The summed E-state index contributed by atoms with van der Waals surface area (Å²) in [7, 11) is 0. The van der Waals surface area contributed by atoms with Gasteiger partial charge in [0.05, 0.1) is 0 Å². The number of rotatable bonds is 5. The summed E-state index contributed by atoms with van der Waals surface area (Å²) in [6.45, 7) is 1.24. The first kappa shape index (κ1) is 13.1. The SMILES string of the molecule is O=c1cccc(C(F)(F)F)n1CCNCC1CC1. The largest absolute Gasteiger partial charge is 0.431 e. The molecule has 0 aromatic carbocycles. The zero-order valence-electron chi connectivity index (χ0n) is 9.83. The Hall–Kier alpha value is -1.30. The van der Waals surface area contributed by atoms with Crippen LogP contribution in [-0.4, -0.2) is 17.7 Å². The molecule has 100 valence electrons. The predicted molar refractivity (Wildman–Crippen MR) is 61.3 cm³/mol. The van der Waals surface area contributed by atoms with E-state index in [1.54, 1.807) is 0 Å². The number of alkyl halides is 3. The summed E-state index contributed by atoms with van der Waals surface area (Å²) < 4.78 is 38.9. The highest BCUT2D eigenvalue weighted by molar-refractivity contribution is 5.10. The van der Waals surface area contributed by atoms with E-state index in [4.69, 9.17) is 0 Å². The molecule has 0 bridgehead atoms. The van der Waals surface area contributed by atoms with Crippen LogP contribution < -0.4 is 10.9 Å². The van der Waals surface area contributed by atoms with E-state index in [1.165, 1.54) is 12.8 Å². The molecule has 1 N–H and O–H groups in total. The molecule has 0 aliphatic heterocycles. The number of nitrogens with zero attached hydrogens (tertiary/aromatic N) is 1. The van der Waals surface area contributed by atoms with Crippen molar-refractivity contribution in [3.63, 3.8) is 0 Å². The van der Waals surface area contributed by atoms with Crippen molar-refractivity contribution in [1.82, 2.24) is 9.88 Å². The molecule has 1 aromatic rings. The van der Waals surface area contributed by atoms with E-state index < -0.39 is 17.4 Å². The van der Waals surface area contributed by atoms with Crippen LogP contribution in [0.4, 0.5) is 13.2 Å². The Morgan fingerprint density at radius 2 is 2.06 bits per heavy atom. The molecule has 6 heteroatoms. The molecule has 1 heterocycles. The van der Waals surface area contributed by atoms with Crippen LogP contribution in [0, 0.1) is 5.92 Å². The van der Waals surface area contributed by atoms with Crippen molar-refractivity contribution in [3.8, 4) is 0 Å². The van der Waals surface area contributed by atoms with Gasteiger partial charge in [0, 0.05) is 19.2 Å². The Morgan fingerprint density at radius 1 is 1.33 bits per heavy atom. The molecule has 2 rings (SSSR count). The summed E-state index contributed by atoms with van der Waals surface area (Å²) in [5.74, 6) is 0.666. The lowest BCUT2D eigenvalue weighted by Crippen LogP contribution is -2.32. The lowest BCUT2D eigenvalue weighted by molar-refractivity contribution is -0.144. The van der Waals surface area contributed by atoms with Crippen molar-refractivity contribution in [2.45, 2.75) is 25.6 Å². The number of pyridine rings is 1. The average Bonchev–Trinajstić information content (AvgIpc) is 3.08. The van der Waals surface area contributed by atoms with Crippen LogP contribution >= 0.6 is 0 Å². The van der Waals surface area contributed by atoms with Crippen LogP contribution in [0.3, 0.4) is 0 Å². The Kier molecular flexibility index (Phi) is 3.75. The van der Waals surface area contributed by atoms with Crippen molar-refractivity contribution in [3.05, 3.63) is 34.2 Å². The molecule has 0 saturated heterocycles. The Morgan fingerprint density at radius 3 is 2.67 bits per heavy atom. The van der Waals surface area contributed by atoms with Crippen LogP contribution in [0.2, 0.25) is 0 Å². The summed E-state index contributed by atoms with van der Waals surface area (Å²) in [6.07, 6.45) is -2.12. The standard InChI is InChI=1S/C12H15F3N2O/c13-12(14,15)10-2-1-3-11(18)17(10)7-6-16-8-9-4-5-9/h1-3,9,16H,4-8H2. The third-order valence-electron chi connectivity index (χ3n) is 2.98. The van der Waals surface area contributed by atoms with Gasteiger partial charge in [-0.3, -0.25) is 4.79 Å². The molecule has 18 heavy (non-hydrogen) atoms. The van der Waals surface area contributed by atoms with Gasteiger partial charge in [0.1, 0.15) is 5.69 Å². The van der Waals surface area contributed by atoms with Crippen molar-refractivity contribution in [2.75, 3.05) is 13.1 Å². The molecule has 0 spiro atoms.